The van der Waals surface area contributed by atoms with Crippen LogP contribution in [-0.4, -0.2) is 6.61 Å². The molecule has 0 saturated carbocycles. The summed E-state index contributed by atoms with van der Waals surface area (Å²) in [4.78, 5) is 0. The summed E-state index contributed by atoms with van der Waals surface area (Å²) in [5.41, 5.74) is 0. The molecule has 0 atom stereocenters. The van der Waals surface area contributed by atoms with Crippen molar-refractivity contribution < 1.29 is 4.74 Å². The zero-order valence-corrected chi connectivity index (χ0v) is 10.6. The highest BCUT2D eigenvalue weighted by Crippen LogP contribution is 2.21. The average molecular weight is 239 g/mol. The fourth-order valence-corrected chi connectivity index (χ4v) is 1.58. The Kier molecular flexibility index (Phi) is 9.75. The Bertz CT molecular complexity index is 163. The zero-order chi connectivity index (χ0) is 10.8. The van der Waals surface area contributed by atoms with Crippen LogP contribution >= 0.6 is 23.2 Å². The molecule has 0 N–H and O–H groups in total. The molecule has 1 nitrogen and oxygen atoms in total. The molecule has 3 heteroatoms. The maximum Gasteiger partial charge on any atom is 0.144 e. The van der Waals surface area contributed by atoms with Crippen LogP contribution < -0.4 is 0 Å². The molecule has 0 aliphatic carbocycles. The highest BCUT2D eigenvalue weighted by molar-refractivity contribution is 6.56. The van der Waals surface area contributed by atoms with Gasteiger partial charge in [-0.3, -0.25) is 0 Å². The van der Waals surface area contributed by atoms with Crippen molar-refractivity contribution in [2.45, 2.75) is 52.4 Å². The van der Waals surface area contributed by atoms with Gasteiger partial charge in [-0.1, -0.05) is 55.8 Å². The van der Waals surface area contributed by atoms with Crippen molar-refractivity contribution in [1.29, 1.82) is 0 Å². The molecule has 0 rings (SSSR count). The van der Waals surface area contributed by atoms with Crippen molar-refractivity contribution in [3.63, 3.8) is 0 Å². The summed E-state index contributed by atoms with van der Waals surface area (Å²) in [6, 6.07) is 0. The van der Waals surface area contributed by atoms with Crippen molar-refractivity contribution in [1.82, 2.24) is 0 Å². The predicted octanol–water partition coefficient (Wildman–Crippen LogP) is 5.03. The maximum atomic E-state index is 5.68. The maximum absolute atomic E-state index is 5.68. The lowest BCUT2D eigenvalue weighted by Gasteiger charge is -2.08. The number of hydrogen-bond donors (Lipinski definition) is 0. The van der Waals surface area contributed by atoms with Crippen molar-refractivity contribution in [2.24, 2.45) is 0 Å². The van der Waals surface area contributed by atoms with Crippen LogP contribution in [0.1, 0.15) is 52.4 Å². The van der Waals surface area contributed by atoms with Crippen LogP contribution in [0.25, 0.3) is 0 Å². The lowest BCUT2D eigenvalue weighted by molar-refractivity contribution is 0.216. The molecule has 0 aliphatic rings. The first-order valence-corrected chi connectivity index (χ1v) is 6.14. The molecule has 0 radical (unpaired) electrons. The van der Waals surface area contributed by atoms with Crippen molar-refractivity contribution in [3.05, 3.63) is 10.3 Å². The number of ether oxygens (including phenoxy) is 1. The Morgan fingerprint density at radius 3 is 2.14 bits per heavy atom. The molecule has 0 unspecified atom stereocenters. The second-order valence-corrected chi connectivity index (χ2v) is 4.23. The molecule has 0 aromatic heterocycles. The summed E-state index contributed by atoms with van der Waals surface area (Å²) in [5.74, 6) is 0.743. The van der Waals surface area contributed by atoms with Gasteiger partial charge >= 0.3 is 0 Å². The molecule has 0 saturated heterocycles. The van der Waals surface area contributed by atoms with Crippen LogP contribution in [0.3, 0.4) is 0 Å². The van der Waals surface area contributed by atoms with E-state index in [1.54, 1.807) is 0 Å². The molecule has 14 heavy (non-hydrogen) atoms. The highest BCUT2D eigenvalue weighted by Gasteiger charge is 2.03. The Balaban J connectivity index is 3.58. The number of hydrogen-bond acceptors (Lipinski definition) is 1. The van der Waals surface area contributed by atoms with Gasteiger partial charge in [0, 0.05) is 6.42 Å². The zero-order valence-electron chi connectivity index (χ0n) is 9.11. The van der Waals surface area contributed by atoms with Gasteiger partial charge in [-0.2, -0.15) is 0 Å². The van der Waals surface area contributed by atoms with Gasteiger partial charge in [0.25, 0.3) is 0 Å². The van der Waals surface area contributed by atoms with Crippen molar-refractivity contribution in [3.8, 4) is 0 Å². The van der Waals surface area contributed by atoms with E-state index in [4.69, 9.17) is 27.9 Å². The van der Waals surface area contributed by atoms with Gasteiger partial charge < -0.3 is 4.74 Å². The van der Waals surface area contributed by atoms with Crippen LogP contribution in [-0.2, 0) is 4.74 Å². The highest BCUT2D eigenvalue weighted by atomic mass is 35.5. The molecule has 84 valence electrons. The van der Waals surface area contributed by atoms with Crippen LogP contribution in [0.2, 0.25) is 0 Å². The minimum Gasteiger partial charge on any atom is -0.496 e. The topological polar surface area (TPSA) is 9.23 Å². The number of unbranched alkanes of at least 4 members (excludes halogenated alkanes) is 4. The van der Waals surface area contributed by atoms with E-state index in [9.17, 15) is 0 Å². The third kappa shape index (κ3) is 7.52. The third-order valence-electron chi connectivity index (χ3n) is 2.04. The fraction of sp³-hybridized carbons (Fsp3) is 0.818. The smallest absolute Gasteiger partial charge is 0.144 e. The SMILES string of the molecule is CCCCCCCC(OCC)=C(Cl)Cl. The van der Waals surface area contributed by atoms with Gasteiger partial charge in [-0.15, -0.1) is 0 Å². The molecule has 0 aromatic carbocycles. The first-order chi connectivity index (χ1) is 6.72. The second kappa shape index (κ2) is 9.67. The third-order valence-corrected chi connectivity index (χ3v) is 2.46. The standard InChI is InChI=1S/C11H20Cl2O/c1-3-5-6-7-8-9-10(11(12)13)14-4-2/h3-9H2,1-2H3. The fourth-order valence-electron chi connectivity index (χ4n) is 1.28. The summed E-state index contributed by atoms with van der Waals surface area (Å²) >= 11 is 11.4. The van der Waals surface area contributed by atoms with Gasteiger partial charge in [0.15, 0.2) is 0 Å². The van der Waals surface area contributed by atoms with E-state index < -0.39 is 0 Å². The Morgan fingerprint density at radius 1 is 1.00 bits per heavy atom. The summed E-state index contributed by atoms with van der Waals surface area (Å²) in [6.07, 6.45) is 7.06. The van der Waals surface area contributed by atoms with E-state index >= 15 is 0 Å². The van der Waals surface area contributed by atoms with Crippen LogP contribution in [0, 0.1) is 0 Å². The number of rotatable bonds is 8. The molecule has 0 spiro atoms. The molecule has 0 amide bonds. The van der Waals surface area contributed by atoms with Gasteiger partial charge in [-0.25, -0.2) is 0 Å². The number of halogens is 2. The van der Waals surface area contributed by atoms with Crippen LogP contribution in [0.15, 0.2) is 10.3 Å². The molecule has 0 aromatic rings. The minimum atomic E-state index is 0.280. The average Bonchev–Trinajstić information content (AvgIpc) is 2.15. The molecule has 0 fully saturated rings. The Morgan fingerprint density at radius 2 is 1.64 bits per heavy atom. The van der Waals surface area contributed by atoms with Crippen molar-refractivity contribution in [2.75, 3.05) is 6.61 Å². The van der Waals surface area contributed by atoms with E-state index in [1.165, 1.54) is 25.7 Å². The Hall–Kier alpha value is 0.120. The Labute approximate surface area is 97.4 Å². The summed E-state index contributed by atoms with van der Waals surface area (Å²) in [5, 5.41) is 0. The van der Waals surface area contributed by atoms with Crippen LogP contribution in [0.5, 0.6) is 0 Å². The largest absolute Gasteiger partial charge is 0.496 e. The van der Waals surface area contributed by atoms with Gasteiger partial charge in [-0.05, 0) is 13.3 Å². The summed E-state index contributed by atoms with van der Waals surface area (Å²) in [7, 11) is 0. The predicted molar refractivity (Wildman–Crippen MR) is 63.7 cm³/mol. The second-order valence-electron chi connectivity index (χ2n) is 3.28. The van der Waals surface area contributed by atoms with E-state index in [0.717, 1.165) is 18.6 Å². The lowest BCUT2D eigenvalue weighted by atomic mass is 10.1. The van der Waals surface area contributed by atoms with Crippen LogP contribution in [0.4, 0.5) is 0 Å². The van der Waals surface area contributed by atoms with Crippen molar-refractivity contribution >= 4 is 23.2 Å². The molecule has 0 heterocycles. The van der Waals surface area contributed by atoms with Gasteiger partial charge in [0.2, 0.25) is 0 Å². The van der Waals surface area contributed by atoms with E-state index in [-0.39, 0.29) is 4.49 Å². The van der Waals surface area contributed by atoms with Gasteiger partial charge in [0.1, 0.15) is 10.3 Å². The normalized spacial score (nSPS) is 10.0. The quantitative estimate of drug-likeness (QED) is 0.426. The summed E-state index contributed by atoms with van der Waals surface area (Å²) < 4.78 is 5.61. The molecular weight excluding hydrogens is 219 g/mol. The lowest BCUT2D eigenvalue weighted by Crippen LogP contribution is -1.93. The van der Waals surface area contributed by atoms with Gasteiger partial charge in [0.05, 0.1) is 6.61 Å². The first kappa shape index (κ1) is 14.1. The minimum absolute atomic E-state index is 0.280. The monoisotopic (exact) mass is 238 g/mol. The number of allylic oxidation sites excluding steroid dienone is 1. The summed E-state index contributed by atoms with van der Waals surface area (Å²) in [6.45, 7) is 4.78. The van der Waals surface area contributed by atoms with E-state index in [1.807, 2.05) is 6.92 Å². The van der Waals surface area contributed by atoms with E-state index in [0.29, 0.717) is 6.61 Å². The van der Waals surface area contributed by atoms with E-state index in [2.05, 4.69) is 6.92 Å². The molecular formula is C11H20Cl2O. The molecule has 0 aliphatic heterocycles. The molecule has 0 bridgehead atoms. The first-order valence-electron chi connectivity index (χ1n) is 5.39.